The molecule has 0 unspecified atom stereocenters. The smallest absolute Gasteiger partial charge is 0.368 e. The molecule has 1 aromatic carbocycles. The van der Waals surface area contributed by atoms with Crippen LogP contribution in [0.4, 0.5) is 18.9 Å². The number of rotatable bonds is 2. The Kier molecular flexibility index (Phi) is 4.71. The van der Waals surface area contributed by atoms with Gasteiger partial charge in [0.05, 0.1) is 5.56 Å². The van der Waals surface area contributed by atoms with E-state index in [1.807, 2.05) is 4.90 Å². The number of hydrogen-bond acceptors (Lipinski definition) is 4. The second-order valence-corrected chi connectivity index (χ2v) is 6.01. The molecule has 0 N–H and O–H groups in total. The summed E-state index contributed by atoms with van der Waals surface area (Å²) in [4.78, 5) is 27.2. The average Bonchev–Trinajstić information content (AvgIpc) is 2.63. The van der Waals surface area contributed by atoms with Gasteiger partial charge in [-0.2, -0.15) is 18.3 Å². The van der Waals surface area contributed by atoms with E-state index in [9.17, 15) is 22.8 Å². The van der Waals surface area contributed by atoms with Crippen molar-refractivity contribution < 1.29 is 18.0 Å². The molecule has 2 aromatic rings. The fourth-order valence-electron chi connectivity index (χ4n) is 2.83. The summed E-state index contributed by atoms with van der Waals surface area (Å²) in [7, 11) is 1.46. The van der Waals surface area contributed by atoms with Crippen LogP contribution in [0.25, 0.3) is 0 Å². The molecule has 0 atom stereocenters. The molecule has 3 rings (SSSR count). The highest BCUT2D eigenvalue weighted by atomic mass is 19.4. The second kappa shape index (κ2) is 6.81. The number of benzene rings is 1. The van der Waals surface area contributed by atoms with E-state index in [-0.39, 0.29) is 17.2 Å². The molecule has 2 heterocycles. The van der Waals surface area contributed by atoms with Gasteiger partial charge in [0, 0.05) is 45.0 Å². The Morgan fingerprint density at radius 3 is 2.38 bits per heavy atom. The van der Waals surface area contributed by atoms with Crippen LogP contribution in [-0.4, -0.2) is 46.8 Å². The number of hydrogen-bond donors (Lipinski definition) is 0. The lowest BCUT2D eigenvalue weighted by atomic mass is 10.1. The maximum Gasteiger partial charge on any atom is 0.416 e. The van der Waals surface area contributed by atoms with Gasteiger partial charge in [-0.3, -0.25) is 9.59 Å². The normalized spacial score (nSPS) is 15.2. The van der Waals surface area contributed by atoms with E-state index in [1.54, 1.807) is 11.0 Å². The van der Waals surface area contributed by atoms with Crippen molar-refractivity contribution in [1.82, 2.24) is 14.7 Å². The van der Waals surface area contributed by atoms with Crippen molar-refractivity contribution in [3.8, 4) is 0 Å². The molecule has 1 amide bonds. The quantitative estimate of drug-likeness (QED) is 0.813. The molecule has 0 spiro atoms. The van der Waals surface area contributed by atoms with Gasteiger partial charge in [-0.05, 0) is 24.3 Å². The summed E-state index contributed by atoms with van der Waals surface area (Å²) < 4.78 is 39.6. The van der Waals surface area contributed by atoms with Gasteiger partial charge < -0.3 is 9.80 Å². The molecule has 9 heteroatoms. The minimum absolute atomic E-state index is 0.166. The number of carbonyl (C=O) groups is 1. The van der Waals surface area contributed by atoms with Gasteiger partial charge in [-0.25, -0.2) is 4.68 Å². The largest absolute Gasteiger partial charge is 0.416 e. The molecule has 138 valence electrons. The third-order valence-corrected chi connectivity index (χ3v) is 4.29. The highest BCUT2D eigenvalue weighted by Gasteiger charge is 2.31. The Morgan fingerprint density at radius 2 is 1.77 bits per heavy atom. The van der Waals surface area contributed by atoms with Crippen LogP contribution in [0.2, 0.25) is 0 Å². The van der Waals surface area contributed by atoms with Gasteiger partial charge in [0.25, 0.3) is 11.5 Å². The van der Waals surface area contributed by atoms with Crippen LogP contribution in [0.3, 0.4) is 0 Å². The molecule has 1 aromatic heterocycles. The zero-order valence-electron chi connectivity index (χ0n) is 14.0. The average molecular weight is 366 g/mol. The summed E-state index contributed by atoms with van der Waals surface area (Å²) in [5.41, 5.74) is -0.356. The first-order chi connectivity index (χ1) is 12.3. The summed E-state index contributed by atoms with van der Waals surface area (Å²) in [6, 6.07) is 7.81. The van der Waals surface area contributed by atoms with Gasteiger partial charge in [0.1, 0.15) is 5.69 Å². The fourth-order valence-corrected chi connectivity index (χ4v) is 2.83. The van der Waals surface area contributed by atoms with Gasteiger partial charge in [0.2, 0.25) is 0 Å². The molecule has 1 aliphatic heterocycles. The van der Waals surface area contributed by atoms with E-state index in [0.717, 1.165) is 16.8 Å². The number of aromatic nitrogens is 2. The topological polar surface area (TPSA) is 58.4 Å². The van der Waals surface area contributed by atoms with Gasteiger partial charge in [-0.1, -0.05) is 6.07 Å². The number of amides is 1. The number of carbonyl (C=O) groups excluding carboxylic acids is 1. The van der Waals surface area contributed by atoms with Crippen molar-refractivity contribution in [3.63, 3.8) is 0 Å². The van der Waals surface area contributed by atoms with Crippen LogP contribution in [0.15, 0.2) is 41.2 Å². The first kappa shape index (κ1) is 18.0. The Bertz CT molecular complexity index is 871. The minimum atomic E-state index is -4.39. The molecule has 0 saturated carbocycles. The highest BCUT2D eigenvalue weighted by Crippen LogP contribution is 2.31. The van der Waals surface area contributed by atoms with Crippen LogP contribution >= 0.6 is 0 Å². The summed E-state index contributed by atoms with van der Waals surface area (Å²) in [6.07, 6.45) is -4.39. The van der Waals surface area contributed by atoms with Crippen molar-refractivity contribution in [3.05, 3.63) is 58.0 Å². The van der Waals surface area contributed by atoms with E-state index in [2.05, 4.69) is 5.10 Å². The molecular weight excluding hydrogens is 349 g/mol. The van der Waals surface area contributed by atoms with Crippen molar-refractivity contribution in [2.75, 3.05) is 31.1 Å². The predicted molar refractivity (Wildman–Crippen MR) is 89.0 cm³/mol. The molecule has 0 radical (unpaired) electrons. The van der Waals surface area contributed by atoms with Crippen LogP contribution in [0.5, 0.6) is 0 Å². The molecule has 0 bridgehead atoms. The molecule has 1 aliphatic rings. The summed E-state index contributed by atoms with van der Waals surface area (Å²) in [5.74, 6) is -0.302. The Balaban J connectivity index is 1.68. The summed E-state index contributed by atoms with van der Waals surface area (Å²) >= 11 is 0. The predicted octanol–water partition coefficient (Wildman–Crippen LogP) is 1.76. The number of alkyl halides is 3. The van der Waals surface area contributed by atoms with Crippen molar-refractivity contribution >= 4 is 11.6 Å². The molecule has 6 nitrogen and oxygen atoms in total. The zero-order chi connectivity index (χ0) is 18.9. The fraction of sp³-hybridized carbons (Fsp3) is 0.353. The number of halogens is 3. The van der Waals surface area contributed by atoms with Crippen LogP contribution in [0.1, 0.15) is 16.1 Å². The molecule has 1 saturated heterocycles. The Labute approximate surface area is 147 Å². The van der Waals surface area contributed by atoms with Crippen LogP contribution in [0, 0.1) is 0 Å². The Morgan fingerprint density at radius 1 is 1.08 bits per heavy atom. The molecule has 0 aliphatic carbocycles. The van der Waals surface area contributed by atoms with Crippen LogP contribution in [-0.2, 0) is 13.2 Å². The minimum Gasteiger partial charge on any atom is -0.368 e. The maximum absolute atomic E-state index is 12.8. The number of nitrogens with zero attached hydrogens (tertiary/aromatic N) is 4. The van der Waals surface area contributed by atoms with Crippen molar-refractivity contribution in [1.29, 1.82) is 0 Å². The Hall–Kier alpha value is -2.84. The van der Waals surface area contributed by atoms with E-state index < -0.39 is 11.7 Å². The maximum atomic E-state index is 12.8. The zero-order valence-corrected chi connectivity index (χ0v) is 14.0. The molecule has 26 heavy (non-hydrogen) atoms. The van der Waals surface area contributed by atoms with E-state index in [4.69, 9.17) is 0 Å². The first-order valence-corrected chi connectivity index (χ1v) is 8.01. The highest BCUT2D eigenvalue weighted by molar-refractivity contribution is 5.92. The second-order valence-electron chi connectivity index (χ2n) is 6.01. The first-order valence-electron chi connectivity index (χ1n) is 8.01. The lowest BCUT2D eigenvalue weighted by Gasteiger charge is -2.36. The molecular formula is C17H17F3N4O2. The third kappa shape index (κ3) is 3.71. The van der Waals surface area contributed by atoms with Gasteiger partial charge in [-0.15, -0.1) is 0 Å². The number of piperazine rings is 1. The van der Waals surface area contributed by atoms with Crippen molar-refractivity contribution in [2.24, 2.45) is 7.05 Å². The van der Waals surface area contributed by atoms with Crippen molar-refractivity contribution in [2.45, 2.75) is 6.18 Å². The van der Waals surface area contributed by atoms with Crippen LogP contribution < -0.4 is 10.5 Å². The summed E-state index contributed by atoms with van der Waals surface area (Å²) in [6.45, 7) is 1.55. The SMILES string of the molecule is Cn1nc(C(=O)N2CCN(c3cccc(C(F)(F)F)c3)CC2)ccc1=O. The van der Waals surface area contributed by atoms with Gasteiger partial charge in [0.15, 0.2) is 0 Å². The lowest BCUT2D eigenvalue weighted by Crippen LogP contribution is -2.49. The summed E-state index contributed by atoms with van der Waals surface area (Å²) in [5, 5.41) is 3.94. The number of aryl methyl sites for hydroxylation is 1. The van der Waals surface area contributed by atoms with E-state index in [1.165, 1.54) is 25.2 Å². The van der Waals surface area contributed by atoms with E-state index >= 15 is 0 Å². The van der Waals surface area contributed by atoms with Gasteiger partial charge >= 0.3 is 6.18 Å². The lowest BCUT2D eigenvalue weighted by molar-refractivity contribution is -0.137. The number of anilines is 1. The standard InChI is InChI=1S/C17H17F3N4O2/c1-22-15(25)6-5-14(21-22)16(26)24-9-7-23(8-10-24)13-4-2-3-12(11-13)17(18,19)20/h2-6,11H,7-10H2,1H3. The third-order valence-electron chi connectivity index (χ3n) is 4.29. The molecule has 1 fully saturated rings. The van der Waals surface area contributed by atoms with E-state index in [0.29, 0.717) is 31.9 Å². The monoisotopic (exact) mass is 366 g/mol.